The number of aryl methyl sites for hydroxylation is 2. The molecule has 0 unspecified atom stereocenters. The van der Waals surface area contributed by atoms with Crippen molar-refractivity contribution in [1.82, 2.24) is 30.6 Å². The smallest absolute Gasteiger partial charge is 0.174 e. The zero-order chi connectivity index (χ0) is 14.5. The molecular weight excluding hydrogens is 270 g/mol. The number of hydrogen-bond acceptors (Lipinski definition) is 7. The first-order valence-corrected chi connectivity index (χ1v) is 7.21. The van der Waals surface area contributed by atoms with E-state index in [9.17, 15) is 0 Å². The largest absolute Gasteiger partial charge is 0.381 e. The zero-order valence-corrected chi connectivity index (χ0v) is 12.0. The van der Waals surface area contributed by atoms with Crippen LogP contribution in [0.2, 0.25) is 0 Å². The number of tetrazole rings is 1. The first-order chi connectivity index (χ1) is 10.3. The fraction of sp³-hybridized carbons (Fsp3) is 0.615. The van der Waals surface area contributed by atoms with Crippen LogP contribution in [-0.4, -0.2) is 50.4 Å². The van der Waals surface area contributed by atoms with Gasteiger partial charge >= 0.3 is 0 Å². The molecule has 8 nitrogen and oxygen atoms in total. The number of hydrogen-bond donors (Lipinski definition) is 2. The molecule has 0 bridgehead atoms. The molecule has 2 N–H and O–H groups in total. The Morgan fingerprint density at radius 2 is 2.38 bits per heavy atom. The van der Waals surface area contributed by atoms with Crippen molar-refractivity contribution in [1.29, 1.82) is 0 Å². The van der Waals surface area contributed by atoms with Gasteiger partial charge in [0.25, 0.3) is 0 Å². The molecule has 1 aliphatic rings. The van der Waals surface area contributed by atoms with Gasteiger partial charge in [-0.05, 0) is 19.8 Å². The molecule has 8 heteroatoms. The molecule has 1 atom stereocenters. The quantitative estimate of drug-likeness (QED) is 0.760. The number of ether oxygens (including phenoxy) is 1. The average molecular weight is 289 g/mol. The molecule has 1 saturated heterocycles. The van der Waals surface area contributed by atoms with Crippen molar-refractivity contribution >= 4 is 5.82 Å². The highest BCUT2D eigenvalue weighted by Gasteiger charge is 2.20. The topological polar surface area (TPSA) is 102 Å². The lowest BCUT2D eigenvalue weighted by molar-refractivity contribution is 0.193. The number of rotatable bonds is 6. The van der Waals surface area contributed by atoms with Crippen LogP contribution in [-0.2, 0) is 11.2 Å². The summed E-state index contributed by atoms with van der Waals surface area (Å²) >= 11 is 0. The van der Waals surface area contributed by atoms with E-state index in [0.717, 1.165) is 62.2 Å². The van der Waals surface area contributed by atoms with E-state index in [2.05, 4.69) is 35.9 Å². The zero-order valence-electron chi connectivity index (χ0n) is 12.0. The van der Waals surface area contributed by atoms with E-state index < -0.39 is 0 Å². The molecule has 3 rings (SSSR count). The molecule has 112 valence electrons. The molecule has 3 heterocycles. The van der Waals surface area contributed by atoms with E-state index in [1.165, 1.54) is 0 Å². The first-order valence-electron chi connectivity index (χ1n) is 7.21. The van der Waals surface area contributed by atoms with Crippen molar-refractivity contribution in [3.63, 3.8) is 0 Å². The summed E-state index contributed by atoms with van der Waals surface area (Å²) in [7, 11) is 0. The van der Waals surface area contributed by atoms with Gasteiger partial charge in [-0.25, -0.2) is 9.97 Å². The second kappa shape index (κ2) is 6.57. The van der Waals surface area contributed by atoms with Gasteiger partial charge < -0.3 is 10.1 Å². The molecule has 1 fully saturated rings. The van der Waals surface area contributed by atoms with Crippen LogP contribution in [0.1, 0.15) is 36.1 Å². The lowest BCUT2D eigenvalue weighted by Gasteiger charge is -2.11. The summed E-state index contributed by atoms with van der Waals surface area (Å²) in [5, 5.41) is 17.2. The minimum atomic E-state index is 0.395. The van der Waals surface area contributed by atoms with Gasteiger partial charge in [-0.1, -0.05) is 5.21 Å². The van der Waals surface area contributed by atoms with Crippen molar-refractivity contribution in [2.24, 2.45) is 0 Å². The minimum absolute atomic E-state index is 0.395. The third-order valence-corrected chi connectivity index (χ3v) is 3.48. The van der Waals surface area contributed by atoms with Gasteiger partial charge in [0.2, 0.25) is 0 Å². The van der Waals surface area contributed by atoms with Crippen LogP contribution < -0.4 is 5.32 Å². The predicted molar refractivity (Wildman–Crippen MR) is 75.9 cm³/mol. The first kappa shape index (κ1) is 13.9. The normalized spacial score (nSPS) is 18.0. The second-order valence-corrected chi connectivity index (χ2v) is 5.14. The highest BCUT2D eigenvalue weighted by Crippen LogP contribution is 2.24. The third-order valence-electron chi connectivity index (χ3n) is 3.48. The molecule has 21 heavy (non-hydrogen) atoms. The number of nitrogens with zero attached hydrogens (tertiary/aromatic N) is 5. The highest BCUT2D eigenvalue weighted by molar-refractivity contribution is 5.37. The molecule has 0 amide bonds. The summed E-state index contributed by atoms with van der Waals surface area (Å²) in [5.74, 6) is 2.80. The van der Waals surface area contributed by atoms with Crippen LogP contribution in [0, 0.1) is 6.92 Å². The summed E-state index contributed by atoms with van der Waals surface area (Å²) in [6.45, 7) is 4.31. The Labute approximate surface area is 122 Å². The number of nitrogens with one attached hydrogen (secondary N) is 2. The van der Waals surface area contributed by atoms with Crippen molar-refractivity contribution in [3.8, 4) is 0 Å². The van der Waals surface area contributed by atoms with Gasteiger partial charge in [0.1, 0.15) is 11.6 Å². The monoisotopic (exact) mass is 289 g/mol. The average Bonchev–Trinajstić information content (AvgIpc) is 3.16. The maximum Gasteiger partial charge on any atom is 0.174 e. The Morgan fingerprint density at radius 1 is 1.43 bits per heavy atom. The molecule has 0 aliphatic carbocycles. The molecule has 0 aromatic carbocycles. The standard InChI is InChI=1S/C13H19N7O/c1-9-15-11(10-4-6-21-8-10)7-13(16-9)14-5-2-3-12-17-19-20-18-12/h7,10H,2-6,8H2,1H3,(H,14,15,16)(H,17,18,19,20)/t10-/m0/s1. The van der Waals surface area contributed by atoms with Crippen LogP contribution in [0.4, 0.5) is 5.82 Å². The molecule has 0 spiro atoms. The number of aromatic nitrogens is 6. The Morgan fingerprint density at radius 3 is 3.14 bits per heavy atom. The predicted octanol–water partition coefficient (Wildman–Crippen LogP) is 0.847. The molecule has 2 aromatic rings. The van der Waals surface area contributed by atoms with Gasteiger partial charge in [0, 0.05) is 31.6 Å². The Bertz CT molecular complexity index is 566. The molecule has 0 radical (unpaired) electrons. The van der Waals surface area contributed by atoms with E-state index in [-0.39, 0.29) is 0 Å². The van der Waals surface area contributed by atoms with Crippen LogP contribution >= 0.6 is 0 Å². The van der Waals surface area contributed by atoms with Crippen LogP contribution in [0.3, 0.4) is 0 Å². The van der Waals surface area contributed by atoms with Gasteiger partial charge in [0.15, 0.2) is 5.82 Å². The van der Waals surface area contributed by atoms with E-state index in [4.69, 9.17) is 4.74 Å². The summed E-state index contributed by atoms with van der Waals surface area (Å²) < 4.78 is 5.43. The molecule has 1 aliphatic heterocycles. The van der Waals surface area contributed by atoms with Gasteiger partial charge in [-0.3, -0.25) is 0 Å². The van der Waals surface area contributed by atoms with E-state index in [1.807, 2.05) is 13.0 Å². The molecule has 0 saturated carbocycles. The summed E-state index contributed by atoms with van der Waals surface area (Å²) in [4.78, 5) is 8.95. The van der Waals surface area contributed by atoms with Crippen LogP contribution in [0.5, 0.6) is 0 Å². The van der Waals surface area contributed by atoms with E-state index in [1.54, 1.807) is 0 Å². The summed E-state index contributed by atoms with van der Waals surface area (Å²) in [5.41, 5.74) is 1.07. The van der Waals surface area contributed by atoms with Crippen molar-refractivity contribution < 1.29 is 4.74 Å². The van der Waals surface area contributed by atoms with Crippen molar-refractivity contribution in [2.45, 2.75) is 32.1 Å². The van der Waals surface area contributed by atoms with Crippen molar-refractivity contribution in [2.75, 3.05) is 25.1 Å². The van der Waals surface area contributed by atoms with Gasteiger partial charge in [-0.15, -0.1) is 10.2 Å². The number of H-pyrrole nitrogens is 1. The van der Waals surface area contributed by atoms with Crippen LogP contribution in [0.25, 0.3) is 0 Å². The van der Waals surface area contributed by atoms with Crippen LogP contribution in [0.15, 0.2) is 6.07 Å². The Balaban J connectivity index is 1.54. The SMILES string of the molecule is Cc1nc(NCCCc2nn[nH]n2)cc([C@H]2CCOC2)n1. The Hall–Kier alpha value is -2.09. The third kappa shape index (κ3) is 3.72. The van der Waals surface area contributed by atoms with Crippen molar-refractivity contribution in [3.05, 3.63) is 23.4 Å². The lowest BCUT2D eigenvalue weighted by atomic mass is 10.0. The fourth-order valence-corrected chi connectivity index (χ4v) is 2.41. The maximum absolute atomic E-state index is 5.43. The summed E-state index contributed by atoms with van der Waals surface area (Å²) in [6, 6.07) is 2.03. The maximum atomic E-state index is 5.43. The fourth-order valence-electron chi connectivity index (χ4n) is 2.41. The molecular formula is C13H19N7O. The number of aromatic amines is 1. The minimum Gasteiger partial charge on any atom is -0.381 e. The number of anilines is 1. The van der Waals surface area contributed by atoms with Gasteiger partial charge in [0.05, 0.1) is 12.3 Å². The van der Waals surface area contributed by atoms with E-state index >= 15 is 0 Å². The molecule has 2 aromatic heterocycles. The van der Waals surface area contributed by atoms with Gasteiger partial charge in [-0.2, -0.15) is 5.21 Å². The summed E-state index contributed by atoms with van der Waals surface area (Å²) in [6.07, 6.45) is 2.75. The second-order valence-electron chi connectivity index (χ2n) is 5.14. The van der Waals surface area contributed by atoms with E-state index in [0.29, 0.717) is 5.92 Å². The Kier molecular flexibility index (Phi) is 4.34. The highest BCUT2D eigenvalue weighted by atomic mass is 16.5. The lowest BCUT2D eigenvalue weighted by Crippen LogP contribution is -2.09.